The van der Waals surface area contributed by atoms with Crippen LogP contribution in [0.1, 0.15) is 55.7 Å². The van der Waals surface area contributed by atoms with Gasteiger partial charge in [-0.15, -0.1) is 0 Å². The van der Waals surface area contributed by atoms with Gasteiger partial charge in [0.15, 0.2) is 0 Å². The quantitative estimate of drug-likeness (QED) is 0.915. The van der Waals surface area contributed by atoms with Crippen molar-refractivity contribution in [1.29, 1.82) is 0 Å². The molecule has 4 rings (SSSR count). The number of aryl methyl sites for hydroxylation is 1. The van der Waals surface area contributed by atoms with E-state index >= 15 is 0 Å². The van der Waals surface area contributed by atoms with Crippen LogP contribution in [0.4, 0.5) is 4.79 Å². The number of rotatable bonds is 4. The number of nitrogens with zero attached hydrogens (tertiary/aromatic N) is 2. The van der Waals surface area contributed by atoms with Crippen LogP contribution in [-0.4, -0.2) is 47.4 Å². The summed E-state index contributed by atoms with van der Waals surface area (Å²) in [5.74, 6) is 0.0469. The third kappa shape index (κ3) is 3.51. The van der Waals surface area contributed by atoms with Gasteiger partial charge in [-0.3, -0.25) is 4.79 Å². The highest BCUT2D eigenvalue weighted by Gasteiger charge is 2.39. The topological polar surface area (TPSA) is 52.7 Å². The normalized spacial score (nSPS) is 22.4. The highest BCUT2D eigenvalue weighted by molar-refractivity contribution is 5.84. The fourth-order valence-electron chi connectivity index (χ4n) is 4.25. The van der Waals surface area contributed by atoms with Crippen LogP contribution in [0.3, 0.4) is 0 Å². The molecule has 0 aromatic heterocycles. The zero-order chi connectivity index (χ0) is 17.2. The first-order valence-corrected chi connectivity index (χ1v) is 9.66. The molecule has 1 atom stereocenters. The predicted molar refractivity (Wildman–Crippen MR) is 96.2 cm³/mol. The van der Waals surface area contributed by atoms with Crippen molar-refractivity contribution in [1.82, 2.24) is 15.1 Å². The van der Waals surface area contributed by atoms with Gasteiger partial charge in [0.05, 0.1) is 12.6 Å². The second-order valence-corrected chi connectivity index (χ2v) is 7.49. The first kappa shape index (κ1) is 16.4. The molecule has 3 aliphatic rings. The fraction of sp³-hybridized carbons (Fsp3) is 0.600. The number of carbonyl (C=O) groups excluding carboxylic acids is 2. The van der Waals surface area contributed by atoms with Crippen molar-refractivity contribution in [3.63, 3.8) is 0 Å². The van der Waals surface area contributed by atoms with Crippen molar-refractivity contribution in [2.24, 2.45) is 0 Å². The molecular formula is C20H27N3O2. The zero-order valence-corrected chi connectivity index (χ0v) is 14.7. The summed E-state index contributed by atoms with van der Waals surface area (Å²) in [7, 11) is 0. The minimum absolute atomic E-state index is 0.0469. The van der Waals surface area contributed by atoms with Gasteiger partial charge in [0.1, 0.15) is 0 Å². The number of nitrogens with one attached hydrogen (secondary N) is 1. The smallest absolute Gasteiger partial charge is 0.318 e. The maximum Gasteiger partial charge on any atom is 0.318 e. The second-order valence-electron chi connectivity index (χ2n) is 7.49. The van der Waals surface area contributed by atoms with E-state index in [0.29, 0.717) is 6.04 Å². The Morgan fingerprint density at radius 3 is 2.60 bits per heavy atom. The van der Waals surface area contributed by atoms with E-state index in [1.807, 2.05) is 9.80 Å². The number of hydrogen-bond donors (Lipinski definition) is 1. The molecule has 0 unspecified atom stereocenters. The van der Waals surface area contributed by atoms with Crippen LogP contribution in [0.5, 0.6) is 0 Å². The third-order valence-corrected chi connectivity index (χ3v) is 5.70. The van der Waals surface area contributed by atoms with Gasteiger partial charge in [-0.2, -0.15) is 0 Å². The van der Waals surface area contributed by atoms with Crippen LogP contribution in [0.15, 0.2) is 24.3 Å². The van der Waals surface area contributed by atoms with E-state index in [4.69, 9.17) is 0 Å². The number of fused-ring (bicyclic) bond motifs is 1. The Hall–Kier alpha value is -2.04. The Morgan fingerprint density at radius 2 is 1.84 bits per heavy atom. The summed E-state index contributed by atoms with van der Waals surface area (Å²) in [6.45, 7) is 1.78. The van der Waals surface area contributed by atoms with Gasteiger partial charge in [0.2, 0.25) is 5.91 Å². The van der Waals surface area contributed by atoms with Crippen molar-refractivity contribution in [2.45, 2.75) is 57.0 Å². The van der Waals surface area contributed by atoms with E-state index in [-0.39, 0.29) is 24.5 Å². The minimum atomic E-state index is -0.0725. The van der Waals surface area contributed by atoms with Crippen LogP contribution in [0.25, 0.3) is 0 Å². The van der Waals surface area contributed by atoms with E-state index in [2.05, 4.69) is 29.6 Å². The Morgan fingerprint density at radius 1 is 1.08 bits per heavy atom. The maximum atomic E-state index is 12.9. The number of likely N-dealkylation sites (tertiary alicyclic amines) is 1. The number of benzene rings is 1. The molecule has 0 spiro atoms. The van der Waals surface area contributed by atoms with Crippen molar-refractivity contribution in [3.8, 4) is 0 Å². The average molecular weight is 341 g/mol. The molecule has 1 aromatic carbocycles. The minimum Gasteiger partial charge on any atom is -0.341 e. The van der Waals surface area contributed by atoms with Crippen molar-refractivity contribution < 1.29 is 9.59 Å². The molecule has 1 N–H and O–H groups in total. The molecule has 5 heteroatoms. The third-order valence-electron chi connectivity index (χ3n) is 5.70. The predicted octanol–water partition coefficient (Wildman–Crippen LogP) is 2.86. The van der Waals surface area contributed by atoms with Crippen molar-refractivity contribution in [2.75, 3.05) is 19.6 Å². The Kier molecular flexibility index (Phi) is 4.64. The van der Waals surface area contributed by atoms with Gasteiger partial charge in [-0.05, 0) is 56.1 Å². The molecule has 1 aliphatic heterocycles. The molecule has 0 radical (unpaired) electrons. The molecule has 25 heavy (non-hydrogen) atoms. The number of amides is 3. The molecule has 1 saturated heterocycles. The molecular weight excluding hydrogens is 314 g/mol. The molecule has 1 aromatic rings. The lowest BCUT2D eigenvalue weighted by Crippen LogP contribution is -2.47. The molecule has 134 valence electrons. The van der Waals surface area contributed by atoms with Gasteiger partial charge in [0.25, 0.3) is 0 Å². The van der Waals surface area contributed by atoms with E-state index in [1.165, 1.54) is 11.1 Å². The van der Waals surface area contributed by atoms with Gasteiger partial charge >= 0.3 is 6.03 Å². The SMILES string of the molecule is O=C(CNC(=O)N(C1CC1)[C@H]1CCCc2ccccc21)N1CCCC1. The van der Waals surface area contributed by atoms with E-state index in [1.54, 1.807) is 0 Å². The fourth-order valence-corrected chi connectivity index (χ4v) is 4.25. The summed E-state index contributed by atoms with van der Waals surface area (Å²) in [4.78, 5) is 29.0. The Balaban J connectivity index is 1.44. The number of urea groups is 1. The monoisotopic (exact) mass is 341 g/mol. The van der Waals surface area contributed by atoms with Crippen LogP contribution >= 0.6 is 0 Å². The van der Waals surface area contributed by atoms with Crippen molar-refractivity contribution >= 4 is 11.9 Å². The molecule has 5 nitrogen and oxygen atoms in total. The zero-order valence-electron chi connectivity index (χ0n) is 14.7. The van der Waals surface area contributed by atoms with Gasteiger partial charge in [-0.25, -0.2) is 4.79 Å². The van der Waals surface area contributed by atoms with Crippen LogP contribution in [0.2, 0.25) is 0 Å². The first-order chi connectivity index (χ1) is 12.2. The Labute approximate surface area is 149 Å². The van der Waals surface area contributed by atoms with Gasteiger partial charge in [-0.1, -0.05) is 24.3 Å². The second kappa shape index (κ2) is 7.06. The molecule has 1 heterocycles. The van der Waals surface area contributed by atoms with Crippen LogP contribution < -0.4 is 5.32 Å². The largest absolute Gasteiger partial charge is 0.341 e. The van der Waals surface area contributed by atoms with Gasteiger partial charge < -0.3 is 15.1 Å². The van der Waals surface area contributed by atoms with Crippen LogP contribution in [0, 0.1) is 0 Å². The summed E-state index contributed by atoms with van der Waals surface area (Å²) in [6, 6.07) is 8.90. The average Bonchev–Trinajstić information content (AvgIpc) is 3.31. The molecule has 3 amide bonds. The Bertz CT molecular complexity index is 650. The van der Waals surface area contributed by atoms with E-state index < -0.39 is 0 Å². The molecule has 2 fully saturated rings. The lowest BCUT2D eigenvalue weighted by Gasteiger charge is -2.36. The highest BCUT2D eigenvalue weighted by Crippen LogP contribution is 2.40. The number of hydrogen-bond acceptors (Lipinski definition) is 2. The summed E-state index contributed by atoms with van der Waals surface area (Å²) < 4.78 is 0. The highest BCUT2D eigenvalue weighted by atomic mass is 16.2. The first-order valence-electron chi connectivity index (χ1n) is 9.66. The summed E-state index contributed by atoms with van der Waals surface area (Å²) in [6.07, 6.45) is 7.53. The lowest BCUT2D eigenvalue weighted by atomic mass is 9.87. The van der Waals surface area contributed by atoms with Gasteiger partial charge in [0, 0.05) is 19.1 Å². The molecule has 1 saturated carbocycles. The molecule has 0 bridgehead atoms. The summed E-state index contributed by atoms with van der Waals surface area (Å²) >= 11 is 0. The van der Waals surface area contributed by atoms with Crippen molar-refractivity contribution in [3.05, 3.63) is 35.4 Å². The van der Waals surface area contributed by atoms with Crippen LogP contribution in [-0.2, 0) is 11.2 Å². The summed E-state index contributed by atoms with van der Waals surface area (Å²) in [5, 5.41) is 2.90. The maximum absolute atomic E-state index is 12.9. The summed E-state index contributed by atoms with van der Waals surface area (Å²) in [5.41, 5.74) is 2.66. The lowest BCUT2D eigenvalue weighted by molar-refractivity contribution is -0.129. The standard InChI is InChI=1S/C20H27N3O2/c24-19(22-12-3-4-13-22)14-21-20(25)23(16-10-11-16)18-9-5-7-15-6-1-2-8-17(15)18/h1-2,6,8,16,18H,3-5,7,9-14H2,(H,21,25)/t18-/m0/s1. The number of carbonyl (C=O) groups is 2. The van der Waals surface area contributed by atoms with E-state index in [0.717, 1.165) is 58.0 Å². The molecule has 2 aliphatic carbocycles. The van der Waals surface area contributed by atoms with E-state index in [9.17, 15) is 9.59 Å².